The van der Waals surface area contributed by atoms with E-state index < -0.39 is 5.91 Å². The molecule has 0 saturated carbocycles. The van der Waals surface area contributed by atoms with Crippen LogP contribution in [0.15, 0.2) is 76.8 Å². The lowest BCUT2D eigenvalue weighted by Gasteiger charge is -2.13. The lowest BCUT2D eigenvalue weighted by Crippen LogP contribution is -2.13. The molecule has 6 heteroatoms. The minimum atomic E-state index is -0.487. The predicted octanol–water partition coefficient (Wildman–Crippen LogP) is 5.89. The van der Waals surface area contributed by atoms with Crippen LogP contribution in [-0.2, 0) is 11.4 Å². The van der Waals surface area contributed by atoms with Crippen molar-refractivity contribution in [2.75, 3.05) is 12.4 Å². The van der Waals surface area contributed by atoms with Crippen LogP contribution in [-0.4, -0.2) is 13.0 Å². The number of halogens is 1. The summed E-state index contributed by atoms with van der Waals surface area (Å²) in [4.78, 5) is 12.5. The van der Waals surface area contributed by atoms with Gasteiger partial charge in [-0.2, -0.15) is 5.26 Å². The van der Waals surface area contributed by atoms with Crippen LogP contribution in [0.3, 0.4) is 0 Å². The molecule has 31 heavy (non-hydrogen) atoms. The minimum absolute atomic E-state index is 0.0277. The quantitative estimate of drug-likeness (QED) is 0.340. The Morgan fingerprint density at radius 3 is 2.55 bits per heavy atom. The number of methoxy groups -OCH3 is 1. The van der Waals surface area contributed by atoms with Crippen molar-refractivity contribution < 1.29 is 14.3 Å². The molecule has 3 rings (SSSR count). The van der Waals surface area contributed by atoms with E-state index in [4.69, 9.17) is 9.47 Å². The van der Waals surface area contributed by atoms with Crippen molar-refractivity contribution in [1.82, 2.24) is 0 Å². The lowest BCUT2D eigenvalue weighted by molar-refractivity contribution is -0.112. The first-order chi connectivity index (χ1) is 15.0. The summed E-state index contributed by atoms with van der Waals surface area (Å²) in [6.07, 6.45) is 1.51. The van der Waals surface area contributed by atoms with E-state index in [1.807, 2.05) is 49.4 Å². The Morgan fingerprint density at radius 1 is 1.10 bits per heavy atom. The number of nitriles is 1. The molecule has 3 aromatic carbocycles. The summed E-state index contributed by atoms with van der Waals surface area (Å²) in [5.74, 6) is 0.572. The molecule has 0 aliphatic carbocycles. The van der Waals surface area contributed by atoms with E-state index in [9.17, 15) is 10.1 Å². The number of hydrogen-bond donors (Lipinski definition) is 1. The molecule has 5 nitrogen and oxygen atoms in total. The fourth-order valence-electron chi connectivity index (χ4n) is 2.92. The summed E-state index contributed by atoms with van der Waals surface area (Å²) in [6, 6.07) is 22.5. The Hall–Kier alpha value is -3.56. The molecular formula is C25H21BrN2O3. The van der Waals surface area contributed by atoms with Crippen molar-refractivity contribution >= 4 is 33.6 Å². The van der Waals surface area contributed by atoms with Crippen LogP contribution in [0.25, 0.3) is 6.08 Å². The number of rotatable bonds is 7. The van der Waals surface area contributed by atoms with Crippen LogP contribution in [0.1, 0.15) is 16.7 Å². The molecule has 0 aliphatic heterocycles. The Kier molecular flexibility index (Phi) is 7.47. The molecule has 1 N–H and O–H groups in total. The van der Waals surface area contributed by atoms with Crippen molar-refractivity contribution in [3.05, 3.63) is 93.5 Å². The first-order valence-electron chi connectivity index (χ1n) is 9.54. The van der Waals surface area contributed by atoms with Gasteiger partial charge in [-0.3, -0.25) is 4.79 Å². The largest absolute Gasteiger partial charge is 0.493 e. The molecule has 0 radical (unpaired) electrons. The Morgan fingerprint density at radius 2 is 1.87 bits per heavy atom. The highest BCUT2D eigenvalue weighted by molar-refractivity contribution is 9.10. The zero-order valence-electron chi connectivity index (χ0n) is 17.2. The molecule has 1 amide bonds. The summed E-state index contributed by atoms with van der Waals surface area (Å²) >= 11 is 3.50. The number of amides is 1. The van der Waals surface area contributed by atoms with Gasteiger partial charge in [-0.05, 0) is 48.4 Å². The van der Waals surface area contributed by atoms with Gasteiger partial charge in [0.2, 0.25) is 0 Å². The first kappa shape index (κ1) is 22.1. The minimum Gasteiger partial charge on any atom is -0.493 e. The lowest BCUT2D eigenvalue weighted by atomic mass is 10.1. The van der Waals surface area contributed by atoms with Gasteiger partial charge in [-0.15, -0.1) is 0 Å². The number of carbonyl (C=O) groups excluding carboxylic acids is 1. The number of aryl methyl sites for hydroxylation is 1. The smallest absolute Gasteiger partial charge is 0.266 e. The Labute approximate surface area is 190 Å². The second-order valence-electron chi connectivity index (χ2n) is 6.79. The zero-order chi connectivity index (χ0) is 22.2. The second-order valence-corrected chi connectivity index (χ2v) is 7.65. The van der Waals surface area contributed by atoms with Gasteiger partial charge in [0.25, 0.3) is 5.91 Å². The standard InChI is InChI=1S/C25H21BrN2O3/c1-17-7-6-8-18(11-17)16-31-24-14-22(26)19(13-23(24)30-2)12-20(15-27)25(29)28-21-9-4-3-5-10-21/h3-14H,16H2,1-2H3,(H,28,29)/b20-12-. The van der Waals surface area contributed by atoms with E-state index in [0.29, 0.717) is 33.8 Å². The van der Waals surface area contributed by atoms with Gasteiger partial charge in [0.1, 0.15) is 18.2 Å². The average molecular weight is 477 g/mol. The summed E-state index contributed by atoms with van der Waals surface area (Å²) in [5.41, 5.74) is 3.42. The maximum Gasteiger partial charge on any atom is 0.266 e. The molecule has 0 atom stereocenters. The van der Waals surface area contributed by atoms with Gasteiger partial charge in [0, 0.05) is 10.2 Å². The zero-order valence-corrected chi connectivity index (χ0v) is 18.8. The average Bonchev–Trinajstić information content (AvgIpc) is 2.77. The third-order valence-corrected chi connectivity index (χ3v) is 5.14. The molecule has 0 saturated heterocycles. The van der Waals surface area contributed by atoms with E-state index in [1.54, 1.807) is 31.4 Å². The maximum atomic E-state index is 12.5. The third-order valence-electron chi connectivity index (χ3n) is 4.46. The van der Waals surface area contributed by atoms with Gasteiger partial charge in [0.15, 0.2) is 11.5 Å². The molecular weight excluding hydrogens is 456 g/mol. The maximum absolute atomic E-state index is 12.5. The van der Waals surface area contributed by atoms with Crippen LogP contribution in [0.5, 0.6) is 11.5 Å². The number of benzene rings is 3. The van der Waals surface area contributed by atoms with Gasteiger partial charge in [-0.25, -0.2) is 0 Å². The van der Waals surface area contributed by atoms with Crippen LogP contribution in [0, 0.1) is 18.3 Å². The fourth-order valence-corrected chi connectivity index (χ4v) is 3.36. The van der Waals surface area contributed by atoms with Crippen molar-refractivity contribution in [2.45, 2.75) is 13.5 Å². The number of anilines is 1. The molecule has 0 aliphatic rings. The summed E-state index contributed by atoms with van der Waals surface area (Å²) in [6.45, 7) is 2.42. The van der Waals surface area contributed by atoms with Crippen molar-refractivity contribution in [1.29, 1.82) is 5.26 Å². The normalized spacial score (nSPS) is 10.8. The van der Waals surface area contributed by atoms with Gasteiger partial charge >= 0.3 is 0 Å². The monoisotopic (exact) mass is 476 g/mol. The topological polar surface area (TPSA) is 71.3 Å². The predicted molar refractivity (Wildman–Crippen MR) is 125 cm³/mol. The SMILES string of the molecule is COc1cc(/C=C(/C#N)C(=O)Nc2ccccc2)c(Br)cc1OCc1cccc(C)c1. The summed E-state index contributed by atoms with van der Waals surface area (Å²) in [7, 11) is 1.55. The van der Waals surface area contributed by atoms with Crippen molar-refractivity contribution in [2.24, 2.45) is 0 Å². The van der Waals surface area contributed by atoms with Crippen molar-refractivity contribution in [3.63, 3.8) is 0 Å². The summed E-state index contributed by atoms with van der Waals surface area (Å²) < 4.78 is 12.1. The molecule has 0 unspecified atom stereocenters. The molecule has 0 fully saturated rings. The number of carbonyl (C=O) groups is 1. The summed E-state index contributed by atoms with van der Waals surface area (Å²) in [5, 5.41) is 12.2. The highest BCUT2D eigenvalue weighted by Gasteiger charge is 2.14. The van der Waals surface area contributed by atoms with Gasteiger partial charge in [0.05, 0.1) is 7.11 Å². The molecule has 156 valence electrons. The molecule has 0 aromatic heterocycles. The highest BCUT2D eigenvalue weighted by atomic mass is 79.9. The van der Waals surface area contributed by atoms with E-state index in [1.165, 1.54) is 6.08 Å². The molecule has 3 aromatic rings. The van der Waals surface area contributed by atoms with E-state index >= 15 is 0 Å². The number of nitrogens with zero attached hydrogens (tertiary/aromatic N) is 1. The second kappa shape index (κ2) is 10.5. The first-order valence-corrected chi connectivity index (χ1v) is 10.3. The number of hydrogen-bond acceptors (Lipinski definition) is 4. The van der Waals surface area contributed by atoms with E-state index in [-0.39, 0.29) is 5.57 Å². The van der Waals surface area contributed by atoms with Gasteiger partial charge in [-0.1, -0.05) is 64.0 Å². The number of ether oxygens (including phenoxy) is 2. The van der Waals surface area contributed by atoms with Gasteiger partial charge < -0.3 is 14.8 Å². The Bertz CT molecular complexity index is 1150. The van der Waals surface area contributed by atoms with E-state index in [0.717, 1.165) is 11.1 Å². The number of nitrogens with one attached hydrogen (secondary N) is 1. The van der Waals surface area contributed by atoms with Crippen LogP contribution < -0.4 is 14.8 Å². The molecule has 0 heterocycles. The molecule has 0 bridgehead atoms. The highest BCUT2D eigenvalue weighted by Crippen LogP contribution is 2.35. The number of para-hydroxylation sites is 1. The van der Waals surface area contributed by atoms with Crippen LogP contribution >= 0.6 is 15.9 Å². The van der Waals surface area contributed by atoms with Crippen molar-refractivity contribution in [3.8, 4) is 17.6 Å². The third kappa shape index (κ3) is 5.97. The van der Waals surface area contributed by atoms with E-state index in [2.05, 4.69) is 27.3 Å². The van der Waals surface area contributed by atoms with Crippen LogP contribution in [0.4, 0.5) is 5.69 Å². The molecule has 0 spiro atoms. The fraction of sp³-hybridized carbons (Fsp3) is 0.120. The van der Waals surface area contributed by atoms with Crippen LogP contribution in [0.2, 0.25) is 0 Å². The Balaban J connectivity index is 1.82.